The van der Waals surface area contributed by atoms with Crippen LogP contribution in [0, 0.1) is 12.8 Å². The topological polar surface area (TPSA) is 47.1 Å². The molecule has 0 amide bonds. The van der Waals surface area contributed by atoms with Crippen LogP contribution in [0.2, 0.25) is 0 Å². The van der Waals surface area contributed by atoms with Crippen molar-refractivity contribution < 1.29 is 0 Å². The third-order valence-corrected chi connectivity index (χ3v) is 4.37. The van der Waals surface area contributed by atoms with Gasteiger partial charge in [-0.15, -0.1) is 0 Å². The Morgan fingerprint density at radius 3 is 2.72 bits per heavy atom. The summed E-state index contributed by atoms with van der Waals surface area (Å²) in [5.74, 6) is 0.693. The zero-order valence-corrected chi connectivity index (χ0v) is 12.1. The van der Waals surface area contributed by atoms with Gasteiger partial charge >= 0.3 is 0 Å². The second-order valence-corrected chi connectivity index (χ2v) is 5.75. The van der Waals surface area contributed by atoms with Gasteiger partial charge in [0.1, 0.15) is 0 Å². The molecule has 0 radical (unpaired) electrons. The summed E-state index contributed by atoms with van der Waals surface area (Å²) < 4.78 is 1.94. The fraction of sp³-hybridized carbons (Fsp3) is 0.786. The molecule has 1 aromatic heterocycles. The van der Waals surface area contributed by atoms with E-state index in [1.807, 2.05) is 17.9 Å². The fourth-order valence-electron chi connectivity index (χ4n) is 3.20. The lowest BCUT2D eigenvalue weighted by molar-refractivity contribution is 0.149. The predicted molar refractivity (Wildman–Crippen MR) is 74.3 cm³/mol. The molecule has 1 saturated heterocycles. The summed E-state index contributed by atoms with van der Waals surface area (Å²) >= 11 is 0. The standard InChI is InChI=1S/C14H26N4/c1-10(2)13-6-5-7-18(13)14(8-15)12-9-16-17(4)11(12)3/h9-10,13-14H,5-8,15H2,1-4H3. The smallest absolute Gasteiger partial charge is 0.0540 e. The quantitative estimate of drug-likeness (QED) is 0.887. The van der Waals surface area contributed by atoms with E-state index in [9.17, 15) is 0 Å². The van der Waals surface area contributed by atoms with Gasteiger partial charge in [0, 0.05) is 30.9 Å². The van der Waals surface area contributed by atoms with Crippen LogP contribution in [0.5, 0.6) is 0 Å². The molecular formula is C14H26N4. The van der Waals surface area contributed by atoms with Crippen LogP contribution in [0.1, 0.15) is 44.0 Å². The first-order valence-corrected chi connectivity index (χ1v) is 7.00. The summed E-state index contributed by atoms with van der Waals surface area (Å²) in [5.41, 5.74) is 8.58. The van der Waals surface area contributed by atoms with Gasteiger partial charge in [-0.05, 0) is 32.2 Å². The van der Waals surface area contributed by atoms with E-state index in [2.05, 4.69) is 30.8 Å². The average Bonchev–Trinajstić information content (AvgIpc) is 2.92. The molecule has 0 spiro atoms. The molecule has 2 atom stereocenters. The molecule has 2 rings (SSSR count). The zero-order valence-electron chi connectivity index (χ0n) is 12.1. The molecule has 4 heteroatoms. The van der Waals surface area contributed by atoms with Crippen LogP contribution in [0.15, 0.2) is 6.20 Å². The van der Waals surface area contributed by atoms with Crippen molar-refractivity contribution in [2.75, 3.05) is 13.1 Å². The molecule has 0 aromatic carbocycles. The molecular weight excluding hydrogens is 224 g/mol. The lowest BCUT2D eigenvalue weighted by Gasteiger charge is -2.34. The Morgan fingerprint density at radius 1 is 1.50 bits per heavy atom. The molecule has 1 aliphatic heterocycles. The van der Waals surface area contributed by atoms with Gasteiger partial charge in [-0.25, -0.2) is 0 Å². The lowest BCUT2D eigenvalue weighted by atomic mass is 9.98. The third-order valence-electron chi connectivity index (χ3n) is 4.37. The van der Waals surface area contributed by atoms with Crippen LogP contribution < -0.4 is 5.73 Å². The minimum atomic E-state index is 0.327. The van der Waals surface area contributed by atoms with E-state index in [0.29, 0.717) is 24.5 Å². The van der Waals surface area contributed by atoms with Crippen LogP contribution in [0.4, 0.5) is 0 Å². The van der Waals surface area contributed by atoms with E-state index >= 15 is 0 Å². The molecule has 0 bridgehead atoms. The Bertz CT molecular complexity index is 396. The molecule has 1 aliphatic rings. The van der Waals surface area contributed by atoms with Crippen molar-refractivity contribution in [1.82, 2.24) is 14.7 Å². The first-order chi connectivity index (χ1) is 8.56. The van der Waals surface area contributed by atoms with Gasteiger partial charge in [0.05, 0.1) is 12.2 Å². The normalized spacial score (nSPS) is 22.9. The van der Waals surface area contributed by atoms with E-state index in [0.717, 1.165) is 0 Å². The SMILES string of the molecule is Cc1c(C(CN)N2CCCC2C(C)C)cnn1C. The maximum absolute atomic E-state index is 6.05. The maximum atomic E-state index is 6.05. The van der Waals surface area contributed by atoms with E-state index in [4.69, 9.17) is 5.73 Å². The lowest BCUT2D eigenvalue weighted by Crippen LogP contribution is -2.40. The molecule has 1 fully saturated rings. The fourth-order valence-corrected chi connectivity index (χ4v) is 3.20. The minimum Gasteiger partial charge on any atom is -0.329 e. The number of nitrogens with zero attached hydrogens (tertiary/aromatic N) is 3. The van der Waals surface area contributed by atoms with E-state index in [1.165, 1.54) is 30.6 Å². The summed E-state index contributed by atoms with van der Waals surface area (Å²) in [6, 6.07) is 0.992. The Hall–Kier alpha value is -0.870. The zero-order chi connectivity index (χ0) is 13.3. The second-order valence-electron chi connectivity index (χ2n) is 5.75. The Balaban J connectivity index is 2.25. The van der Waals surface area contributed by atoms with Crippen molar-refractivity contribution in [1.29, 1.82) is 0 Å². The molecule has 0 saturated carbocycles. The van der Waals surface area contributed by atoms with Gasteiger partial charge in [-0.1, -0.05) is 13.8 Å². The van der Waals surface area contributed by atoms with Crippen molar-refractivity contribution in [3.63, 3.8) is 0 Å². The van der Waals surface area contributed by atoms with Crippen LogP contribution in [-0.2, 0) is 7.05 Å². The first kappa shape index (κ1) is 13.6. The van der Waals surface area contributed by atoms with Gasteiger partial charge in [-0.2, -0.15) is 5.10 Å². The third kappa shape index (κ3) is 2.31. The van der Waals surface area contributed by atoms with Gasteiger partial charge in [0.25, 0.3) is 0 Å². The summed E-state index contributed by atoms with van der Waals surface area (Å²) in [7, 11) is 2.00. The number of hydrogen-bond donors (Lipinski definition) is 1. The summed E-state index contributed by atoms with van der Waals surface area (Å²) in [6.07, 6.45) is 4.58. The van der Waals surface area contributed by atoms with Gasteiger partial charge in [0.15, 0.2) is 0 Å². The highest BCUT2D eigenvalue weighted by atomic mass is 15.3. The minimum absolute atomic E-state index is 0.327. The van der Waals surface area contributed by atoms with Gasteiger partial charge in [-0.3, -0.25) is 9.58 Å². The van der Waals surface area contributed by atoms with Crippen molar-refractivity contribution in [2.45, 2.75) is 45.7 Å². The van der Waals surface area contributed by atoms with Gasteiger partial charge in [0.2, 0.25) is 0 Å². The largest absolute Gasteiger partial charge is 0.329 e. The van der Waals surface area contributed by atoms with Gasteiger partial charge < -0.3 is 5.73 Å². The molecule has 0 aliphatic carbocycles. The number of nitrogens with two attached hydrogens (primary N) is 1. The Morgan fingerprint density at radius 2 is 2.22 bits per heavy atom. The number of aromatic nitrogens is 2. The van der Waals surface area contributed by atoms with E-state index in [-0.39, 0.29) is 0 Å². The molecule has 102 valence electrons. The number of aryl methyl sites for hydroxylation is 1. The van der Waals surface area contributed by atoms with Crippen LogP contribution in [-0.4, -0.2) is 33.8 Å². The van der Waals surface area contributed by atoms with Crippen molar-refractivity contribution in [3.05, 3.63) is 17.5 Å². The Kier molecular flexibility index (Phi) is 4.07. The van der Waals surface area contributed by atoms with Crippen molar-refractivity contribution in [3.8, 4) is 0 Å². The number of rotatable bonds is 4. The molecule has 4 nitrogen and oxygen atoms in total. The van der Waals surface area contributed by atoms with Crippen molar-refractivity contribution in [2.24, 2.45) is 18.7 Å². The van der Waals surface area contributed by atoms with Crippen LogP contribution in [0.25, 0.3) is 0 Å². The average molecular weight is 250 g/mol. The summed E-state index contributed by atoms with van der Waals surface area (Å²) in [4.78, 5) is 2.59. The highest BCUT2D eigenvalue weighted by Crippen LogP contribution is 2.33. The monoisotopic (exact) mass is 250 g/mol. The molecule has 2 N–H and O–H groups in total. The molecule has 18 heavy (non-hydrogen) atoms. The number of hydrogen-bond acceptors (Lipinski definition) is 3. The highest BCUT2D eigenvalue weighted by Gasteiger charge is 2.33. The predicted octanol–water partition coefficient (Wildman–Crippen LogP) is 1.85. The van der Waals surface area contributed by atoms with E-state index in [1.54, 1.807) is 0 Å². The molecule has 2 unspecified atom stereocenters. The summed E-state index contributed by atoms with van der Waals surface area (Å²) in [6.45, 7) is 8.60. The van der Waals surface area contributed by atoms with Crippen LogP contribution >= 0.6 is 0 Å². The molecule has 2 heterocycles. The Labute approximate surface area is 110 Å². The van der Waals surface area contributed by atoms with E-state index < -0.39 is 0 Å². The second kappa shape index (κ2) is 5.41. The van der Waals surface area contributed by atoms with Crippen LogP contribution in [0.3, 0.4) is 0 Å². The van der Waals surface area contributed by atoms with Crippen molar-refractivity contribution >= 4 is 0 Å². The maximum Gasteiger partial charge on any atom is 0.0540 e. The summed E-state index contributed by atoms with van der Waals surface area (Å²) in [5, 5.41) is 4.36. The molecule has 1 aromatic rings. The first-order valence-electron chi connectivity index (χ1n) is 7.00. The number of likely N-dealkylation sites (tertiary alicyclic amines) is 1. The highest BCUT2D eigenvalue weighted by molar-refractivity contribution is 5.21.